The van der Waals surface area contributed by atoms with Gasteiger partial charge in [-0.25, -0.2) is 4.98 Å². The van der Waals surface area contributed by atoms with Crippen LogP contribution in [-0.2, 0) is 5.75 Å². The molecule has 0 aliphatic rings. The lowest BCUT2D eigenvalue weighted by atomic mass is 10.3. The molecular weight excluding hydrogens is 420 g/mol. The Labute approximate surface area is 182 Å². The number of aliphatic hydroxyl groups excluding tert-OH is 1. The van der Waals surface area contributed by atoms with Gasteiger partial charge in [-0.3, -0.25) is 4.57 Å². The maximum atomic E-state index is 8.94. The van der Waals surface area contributed by atoms with E-state index in [1.807, 2.05) is 36.4 Å². The van der Waals surface area contributed by atoms with Crippen LogP contribution in [0, 0.1) is 0 Å². The average Bonchev–Trinajstić information content (AvgIpc) is 3.36. The van der Waals surface area contributed by atoms with Crippen molar-refractivity contribution in [1.82, 2.24) is 19.7 Å². The highest BCUT2D eigenvalue weighted by Gasteiger charge is 2.15. The molecule has 29 heavy (non-hydrogen) atoms. The van der Waals surface area contributed by atoms with Gasteiger partial charge in [0.15, 0.2) is 9.50 Å². The van der Waals surface area contributed by atoms with Crippen molar-refractivity contribution in [3.63, 3.8) is 0 Å². The number of thiazole rings is 1. The van der Waals surface area contributed by atoms with Crippen LogP contribution in [-0.4, -0.2) is 37.2 Å². The first-order chi connectivity index (χ1) is 14.3. The van der Waals surface area contributed by atoms with Crippen LogP contribution in [0.3, 0.4) is 0 Å². The fourth-order valence-electron chi connectivity index (χ4n) is 2.92. The summed E-state index contributed by atoms with van der Waals surface area (Å²) >= 11 is 5.14. The second-order valence-corrected chi connectivity index (χ2v) is 9.75. The summed E-state index contributed by atoms with van der Waals surface area (Å²) in [6.07, 6.45) is 2.95. The van der Waals surface area contributed by atoms with Crippen LogP contribution < -0.4 is 0 Å². The zero-order chi connectivity index (χ0) is 19.9. The number of aliphatic hydroxyl groups is 1. The van der Waals surface area contributed by atoms with Crippen molar-refractivity contribution >= 4 is 45.1 Å². The summed E-state index contributed by atoms with van der Waals surface area (Å²) in [5, 5.41) is 18.8. The van der Waals surface area contributed by atoms with E-state index in [1.165, 1.54) is 4.70 Å². The first kappa shape index (κ1) is 20.4. The molecule has 0 saturated carbocycles. The number of unbranched alkanes of at least 4 members (excludes halogenated alkanes) is 2. The molecule has 0 radical (unpaired) electrons. The second kappa shape index (κ2) is 10.2. The zero-order valence-corrected chi connectivity index (χ0v) is 18.3. The summed E-state index contributed by atoms with van der Waals surface area (Å²) in [4.78, 5) is 4.71. The van der Waals surface area contributed by atoms with Gasteiger partial charge in [-0.2, -0.15) is 0 Å². The van der Waals surface area contributed by atoms with Gasteiger partial charge in [0.1, 0.15) is 5.82 Å². The van der Waals surface area contributed by atoms with Crippen LogP contribution in [0.2, 0.25) is 0 Å². The third-order valence-electron chi connectivity index (χ3n) is 4.35. The number of nitrogens with zero attached hydrogens (tertiary/aromatic N) is 4. The molecule has 5 nitrogen and oxygen atoms in total. The third kappa shape index (κ3) is 5.19. The highest BCUT2D eigenvalue weighted by molar-refractivity contribution is 8.00. The summed E-state index contributed by atoms with van der Waals surface area (Å²) in [6, 6.07) is 18.5. The Balaban J connectivity index is 1.51. The Kier molecular flexibility index (Phi) is 7.21. The van der Waals surface area contributed by atoms with Gasteiger partial charge in [0.05, 0.1) is 16.0 Å². The molecule has 0 spiro atoms. The molecule has 0 unspecified atom stereocenters. The lowest BCUT2D eigenvalue weighted by molar-refractivity contribution is 0.284. The van der Waals surface area contributed by atoms with E-state index in [0.29, 0.717) is 5.75 Å². The number of aromatic nitrogens is 4. The zero-order valence-electron chi connectivity index (χ0n) is 15.9. The molecule has 8 heteroatoms. The van der Waals surface area contributed by atoms with E-state index in [-0.39, 0.29) is 6.61 Å². The minimum absolute atomic E-state index is 0.262. The van der Waals surface area contributed by atoms with Gasteiger partial charge in [-0.05, 0) is 37.1 Å². The molecule has 2 heterocycles. The van der Waals surface area contributed by atoms with E-state index < -0.39 is 0 Å². The minimum atomic E-state index is 0.262. The Morgan fingerprint density at radius 2 is 1.72 bits per heavy atom. The lowest BCUT2D eigenvalue weighted by Gasteiger charge is -2.09. The van der Waals surface area contributed by atoms with Gasteiger partial charge in [0, 0.05) is 18.0 Å². The molecule has 2 aromatic heterocycles. The van der Waals surface area contributed by atoms with Crippen LogP contribution in [0.15, 0.2) is 64.1 Å². The molecule has 4 rings (SSSR count). The first-order valence-electron chi connectivity index (χ1n) is 9.57. The van der Waals surface area contributed by atoms with Gasteiger partial charge < -0.3 is 5.11 Å². The molecule has 150 valence electrons. The Bertz CT molecular complexity index is 1020. The number of para-hydroxylation sites is 2. The van der Waals surface area contributed by atoms with Gasteiger partial charge in [-0.1, -0.05) is 60.3 Å². The van der Waals surface area contributed by atoms with Gasteiger partial charge in [0.2, 0.25) is 0 Å². The monoisotopic (exact) mass is 442 g/mol. The van der Waals surface area contributed by atoms with Crippen molar-refractivity contribution in [2.24, 2.45) is 0 Å². The molecule has 0 atom stereocenters. The van der Waals surface area contributed by atoms with Gasteiger partial charge in [-0.15, -0.1) is 21.5 Å². The van der Waals surface area contributed by atoms with Gasteiger partial charge in [0.25, 0.3) is 0 Å². The largest absolute Gasteiger partial charge is 0.396 e. The van der Waals surface area contributed by atoms with E-state index >= 15 is 0 Å². The van der Waals surface area contributed by atoms with E-state index in [0.717, 1.165) is 51.5 Å². The predicted octanol–water partition coefficient (Wildman–Crippen LogP) is 5.42. The standard InChI is InChI=1S/C21H22N4OS3/c26-13-7-2-8-14-27-20-24-23-19(25(20)16-9-3-1-4-10-16)15-28-21-22-17-11-5-6-12-18(17)29-21/h1,3-6,9-12,26H,2,7-8,13-15H2. The molecule has 0 aliphatic heterocycles. The lowest BCUT2D eigenvalue weighted by Crippen LogP contribution is -2.02. The highest BCUT2D eigenvalue weighted by Crippen LogP contribution is 2.32. The van der Waals surface area contributed by atoms with Crippen molar-refractivity contribution in [1.29, 1.82) is 0 Å². The summed E-state index contributed by atoms with van der Waals surface area (Å²) in [5.41, 5.74) is 2.12. The van der Waals surface area contributed by atoms with E-state index in [1.54, 1.807) is 34.9 Å². The van der Waals surface area contributed by atoms with Crippen molar-refractivity contribution in [2.75, 3.05) is 12.4 Å². The van der Waals surface area contributed by atoms with Crippen molar-refractivity contribution in [2.45, 2.75) is 34.5 Å². The smallest absolute Gasteiger partial charge is 0.195 e. The topological polar surface area (TPSA) is 63.8 Å². The maximum absolute atomic E-state index is 8.94. The Morgan fingerprint density at radius 1 is 0.897 bits per heavy atom. The summed E-state index contributed by atoms with van der Waals surface area (Å²) < 4.78 is 4.41. The number of hydrogen-bond donors (Lipinski definition) is 1. The Hall–Kier alpha value is -1.87. The quantitative estimate of drug-likeness (QED) is 0.261. The molecular formula is C21H22N4OS3. The van der Waals surface area contributed by atoms with Crippen molar-refractivity contribution < 1.29 is 5.11 Å². The Morgan fingerprint density at radius 3 is 2.55 bits per heavy atom. The fraction of sp³-hybridized carbons (Fsp3) is 0.286. The van der Waals surface area contributed by atoms with E-state index in [9.17, 15) is 0 Å². The number of fused-ring (bicyclic) bond motifs is 1. The normalized spacial score (nSPS) is 11.3. The van der Waals surface area contributed by atoms with Crippen molar-refractivity contribution in [3.05, 3.63) is 60.4 Å². The van der Waals surface area contributed by atoms with Crippen LogP contribution >= 0.6 is 34.9 Å². The van der Waals surface area contributed by atoms with Gasteiger partial charge >= 0.3 is 0 Å². The molecule has 1 N–H and O–H groups in total. The van der Waals surface area contributed by atoms with Crippen LogP contribution in [0.1, 0.15) is 25.1 Å². The maximum Gasteiger partial charge on any atom is 0.195 e. The van der Waals surface area contributed by atoms with E-state index in [2.05, 4.69) is 33.0 Å². The molecule has 4 aromatic rings. The molecule has 2 aromatic carbocycles. The molecule has 0 fully saturated rings. The second-order valence-electron chi connectivity index (χ2n) is 6.44. The molecule has 0 saturated heterocycles. The highest BCUT2D eigenvalue weighted by atomic mass is 32.2. The first-order valence-corrected chi connectivity index (χ1v) is 12.4. The number of thioether (sulfide) groups is 2. The van der Waals surface area contributed by atoms with Crippen LogP contribution in [0.4, 0.5) is 0 Å². The van der Waals surface area contributed by atoms with Crippen molar-refractivity contribution in [3.8, 4) is 5.69 Å². The average molecular weight is 443 g/mol. The third-order valence-corrected chi connectivity index (χ3v) is 7.54. The predicted molar refractivity (Wildman–Crippen MR) is 122 cm³/mol. The summed E-state index contributed by atoms with van der Waals surface area (Å²) in [6.45, 7) is 0.262. The SMILES string of the molecule is OCCCCCSc1nnc(CSc2nc3ccccc3s2)n1-c1ccccc1. The summed E-state index contributed by atoms with van der Waals surface area (Å²) in [7, 11) is 0. The van der Waals surface area contributed by atoms with Crippen LogP contribution in [0.25, 0.3) is 15.9 Å². The fourth-order valence-corrected chi connectivity index (χ4v) is 5.87. The number of hydrogen-bond acceptors (Lipinski definition) is 7. The molecule has 0 bridgehead atoms. The van der Waals surface area contributed by atoms with Crippen LogP contribution in [0.5, 0.6) is 0 Å². The number of rotatable bonds is 10. The molecule has 0 aliphatic carbocycles. The molecule has 0 amide bonds. The minimum Gasteiger partial charge on any atom is -0.396 e. The summed E-state index contributed by atoms with van der Waals surface area (Å²) in [5.74, 6) is 2.61. The number of benzene rings is 2. The van der Waals surface area contributed by atoms with E-state index in [4.69, 9.17) is 10.1 Å².